The molecule has 1 aromatic heterocycles. The molecule has 2 aromatic rings. The zero-order valence-electron chi connectivity index (χ0n) is 10.1. The van der Waals surface area contributed by atoms with E-state index in [-0.39, 0.29) is 0 Å². The van der Waals surface area contributed by atoms with Gasteiger partial charge in [-0.1, -0.05) is 12.1 Å². The third-order valence-corrected chi connectivity index (χ3v) is 3.33. The van der Waals surface area contributed by atoms with Crippen LogP contribution in [-0.2, 0) is 0 Å². The first-order valence-electron chi connectivity index (χ1n) is 6.16. The van der Waals surface area contributed by atoms with Crippen molar-refractivity contribution in [2.24, 2.45) is 0 Å². The minimum Gasteiger partial charge on any atom is -0.368 e. The summed E-state index contributed by atoms with van der Waals surface area (Å²) in [4.78, 5) is 6.90. The summed E-state index contributed by atoms with van der Waals surface area (Å²) in [5.74, 6) is 0. The lowest BCUT2D eigenvalue weighted by molar-refractivity contribution is 0.590. The van der Waals surface area contributed by atoms with Crippen molar-refractivity contribution in [2.75, 3.05) is 31.1 Å². The number of anilines is 1. The minimum atomic E-state index is 1.07. The van der Waals surface area contributed by atoms with Gasteiger partial charge < -0.3 is 10.2 Å². The fourth-order valence-electron chi connectivity index (χ4n) is 2.42. The van der Waals surface area contributed by atoms with Crippen LogP contribution in [0.25, 0.3) is 10.9 Å². The van der Waals surface area contributed by atoms with E-state index in [1.165, 1.54) is 16.6 Å². The van der Waals surface area contributed by atoms with E-state index in [0.717, 1.165) is 31.7 Å². The minimum absolute atomic E-state index is 1.07. The summed E-state index contributed by atoms with van der Waals surface area (Å²) in [7, 11) is 0. The van der Waals surface area contributed by atoms with Gasteiger partial charge in [-0.3, -0.25) is 4.98 Å². The molecule has 3 heteroatoms. The Bertz CT molecular complexity index is 530. The van der Waals surface area contributed by atoms with Gasteiger partial charge in [0.1, 0.15) is 0 Å². The smallest absolute Gasteiger partial charge is 0.0725 e. The van der Waals surface area contributed by atoms with Gasteiger partial charge >= 0.3 is 0 Å². The first-order valence-corrected chi connectivity index (χ1v) is 6.16. The van der Waals surface area contributed by atoms with Gasteiger partial charge in [0.05, 0.1) is 5.52 Å². The molecule has 0 unspecified atom stereocenters. The molecule has 0 bridgehead atoms. The molecule has 0 spiro atoms. The second kappa shape index (κ2) is 4.34. The summed E-state index contributed by atoms with van der Waals surface area (Å²) in [6, 6.07) is 8.63. The second-order valence-electron chi connectivity index (χ2n) is 4.59. The predicted molar refractivity (Wildman–Crippen MR) is 71.6 cm³/mol. The van der Waals surface area contributed by atoms with Crippen molar-refractivity contribution < 1.29 is 0 Å². The average Bonchev–Trinajstić information content (AvgIpc) is 2.39. The number of benzene rings is 1. The van der Waals surface area contributed by atoms with Gasteiger partial charge in [0.2, 0.25) is 0 Å². The molecule has 1 fully saturated rings. The molecule has 2 heterocycles. The van der Waals surface area contributed by atoms with Crippen molar-refractivity contribution in [1.29, 1.82) is 0 Å². The van der Waals surface area contributed by atoms with Gasteiger partial charge in [-0.25, -0.2) is 0 Å². The van der Waals surface area contributed by atoms with Crippen LogP contribution in [0.4, 0.5) is 5.69 Å². The standard InChI is InChI=1S/C14H17N3/c1-11-2-3-12-13(10-11)16-5-4-14(12)17-8-6-15-7-9-17/h2-5,10,15H,6-9H2,1H3. The molecule has 1 aromatic carbocycles. The van der Waals surface area contributed by atoms with Crippen molar-refractivity contribution in [1.82, 2.24) is 10.3 Å². The highest BCUT2D eigenvalue weighted by molar-refractivity contribution is 5.91. The van der Waals surface area contributed by atoms with Gasteiger partial charge in [0.15, 0.2) is 0 Å². The highest BCUT2D eigenvalue weighted by Gasteiger charge is 2.13. The molecule has 1 aliphatic heterocycles. The third kappa shape index (κ3) is 1.98. The van der Waals surface area contributed by atoms with E-state index < -0.39 is 0 Å². The van der Waals surface area contributed by atoms with Gasteiger partial charge in [-0.05, 0) is 24.6 Å². The molecule has 0 aliphatic carbocycles. The van der Waals surface area contributed by atoms with Crippen molar-refractivity contribution in [3.63, 3.8) is 0 Å². The fourth-order valence-corrected chi connectivity index (χ4v) is 2.42. The molecular weight excluding hydrogens is 210 g/mol. The number of hydrogen-bond donors (Lipinski definition) is 1. The fraction of sp³-hybridized carbons (Fsp3) is 0.357. The van der Waals surface area contributed by atoms with Crippen molar-refractivity contribution in [3.8, 4) is 0 Å². The first-order chi connectivity index (χ1) is 8.34. The Hall–Kier alpha value is -1.61. The number of nitrogens with zero attached hydrogens (tertiary/aromatic N) is 2. The summed E-state index contributed by atoms with van der Waals surface area (Å²) < 4.78 is 0. The monoisotopic (exact) mass is 227 g/mol. The van der Waals surface area contributed by atoms with E-state index in [1.54, 1.807) is 0 Å². The van der Waals surface area contributed by atoms with Crippen LogP contribution in [0.15, 0.2) is 30.5 Å². The number of pyridine rings is 1. The van der Waals surface area contributed by atoms with Crippen LogP contribution in [0.3, 0.4) is 0 Å². The predicted octanol–water partition coefficient (Wildman–Crippen LogP) is 1.95. The Kier molecular flexibility index (Phi) is 2.69. The second-order valence-corrected chi connectivity index (χ2v) is 4.59. The maximum absolute atomic E-state index is 4.46. The van der Waals surface area contributed by atoms with Gasteiger partial charge in [0, 0.05) is 43.4 Å². The van der Waals surface area contributed by atoms with E-state index >= 15 is 0 Å². The summed E-state index contributed by atoms with van der Waals surface area (Å²) in [6.07, 6.45) is 1.92. The molecule has 0 saturated carbocycles. The molecule has 0 amide bonds. The Labute approximate surface area is 101 Å². The molecule has 3 rings (SSSR count). The van der Waals surface area contributed by atoms with E-state index in [0.29, 0.717) is 0 Å². The van der Waals surface area contributed by atoms with Crippen molar-refractivity contribution in [2.45, 2.75) is 6.92 Å². The van der Waals surface area contributed by atoms with Crippen LogP contribution < -0.4 is 10.2 Å². The van der Waals surface area contributed by atoms with Crippen LogP contribution in [-0.4, -0.2) is 31.2 Å². The first kappa shape index (κ1) is 10.5. The maximum atomic E-state index is 4.46. The lowest BCUT2D eigenvalue weighted by Gasteiger charge is -2.30. The summed E-state index contributed by atoms with van der Waals surface area (Å²) in [6.45, 7) is 6.39. The normalized spacial score (nSPS) is 16.4. The Morgan fingerprint density at radius 1 is 1.18 bits per heavy atom. The zero-order chi connectivity index (χ0) is 11.7. The molecule has 1 aliphatic rings. The number of piperazine rings is 1. The summed E-state index contributed by atoms with van der Waals surface area (Å²) in [5, 5.41) is 4.65. The van der Waals surface area contributed by atoms with Gasteiger partial charge in [0.25, 0.3) is 0 Å². The number of nitrogens with one attached hydrogen (secondary N) is 1. The number of fused-ring (bicyclic) bond motifs is 1. The lowest BCUT2D eigenvalue weighted by Crippen LogP contribution is -2.43. The van der Waals surface area contributed by atoms with Crippen LogP contribution >= 0.6 is 0 Å². The Morgan fingerprint density at radius 2 is 2.00 bits per heavy atom. The van der Waals surface area contributed by atoms with Crippen molar-refractivity contribution >= 4 is 16.6 Å². The van der Waals surface area contributed by atoms with E-state index in [4.69, 9.17) is 0 Å². The summed E-state index contributed by atoms with van der Waals surface area (Å²) >= 11 is 0. The van der Waals surface area contributed by atoms with E-state index in [2.05, 4.69) is 46.4 Å². The largest absolute Gasteiger partial charge is 0.368 e. The van der Waals surface area contributed by atoms with Crippen LogP contribution in [0.2, 0.25) is 0 Å². The Balaban J connectivity index is 2.09. The third-order valence-electron chi connectivity index (χ3n) is 3.33. The molecule has 88 valence electrons. The SMILES string of the molecule is Cc1ccc2c(N3CCNCC3)ccnc2c1. The number of aryl methyl sites for hydroxylation is 1. The molecule has 17 heavy (non-hydrogen) atoms. The number of aromatic nitrogens is 1. The number of hydrogen-bond acceptors (Lipinski definition) is 3. The average molecular weight is 227 g/mol. The highest BCUT2D eigenvalue weighted by Crippen LogP contribution is 2.26. The molecular formula is C14H17N3. The molecule has 1 saturated heterocycles. The molecule has 0 atom stereocenters. The van der Waals surface area contributed by atoms with Gasteiger partial charge in [-0.2, -0.15) is 0 Å². The quantitative estimate of drug-likeness (QED) is 0.807. The van der Waals surface area contributed by atoms with Crippen LogP contribution in [0.5, 0.6) is 0 Å². The molecule has 3 nitrogen and oxygen atoms in total. The summed E-state index contributed by atoms with van der Waals surface area (Å²) in [5.41, 5.74) is 3.68. The van der Waals surface area contributed by atoms with Crippen LogP contribution in [0.1, 0.15) is 5.56 Å². The van der Waals surface area contributed by atoms with Crippen molar-refractivity contribution in [3.05, 3.63) is 36.0 Å². The number of rotatable bonds is 1. The topological polar surface area (TPSA) is 28.2 Å². The lowest BCUT2D eigenvalue weighted by atomic mass is 10.1. The zero-order valence-corrected chi connectivity index (χ0v) is 10.1. The highest BCUT2D eigenvalue weighted by atomic mass is 15.2. The maximum Gasteiger partial charge on any atom is 0.0725 e. The molecule has 0 radical (unpaired) electrons. The van der Waals surface area contributed by atoms with E-state index in [1.807, 2.05) is 6.20 Å². The Morgan fingerprint density at radius 3 is 2.82 bits per heavy atom. The van der Waals surface area contributed by atoms with E-state index in [9.17, 15) is 0 Å². The molecule has 1 N–H and O–H groups in total. The van der Waals surface area contributed by atoms with Gasteiger partial charge in [-0.15, -0.1) is 0 Å². The van der Waals surface area contributed by atoms with Crippen LogP contribution in [0, 0.1) is 6.92 Å².